The molecule has 2 heterocycles. The summed E-state index contributed by atoms with van der Waals surface area (Å²) in [4.78, 5) is 17.5. The molecule has 0 atom stereocenters. The van der Waals surface area contributed by atoms with Gasteiger partial charge in [-0.05, 0) is 44.8 Å². The van der Waals surface area contributed by atoms with Gasteiger partial charge in [0.1, 0.15) is 9.88 Å². The molecule has 0 aliphatic heterocycles. The number of thiazole rings is 1. The van der Waals surface area contributed by atoms with E-state index >= 15 is 0 Å². The Morgan fingerprint density at radius 3 is 2.65 bits per heavy atom. The van der Waals surface area contributed by atoms with Crippen molar-refractivity contribution < 1.29 is 9.53 Å². The minimum Gasteiger partial charge on any atom is -0.465 e. The molecule has 2 rings (SSSR count). The maximum absolute atomic E-state index is 11.5. The summed E-state index contributed by atoms with van der Waals surface area (Å²) in [7, 11) is 1.37. The average molecular weight is 397 g/mol. The van der Waals surface area contributed by atoms with Crippen LogP contribution in [0, 0.1) is 6.92 Å². The first-order valence-electron chi connectivity index (χ1n) is 4.54. The van der Waals surface area contributed by atoms with Crippen LogP contribution >= 0.6 is 54.5 Å². The summed E-state index contributed by atoms with van der Waals surface area (Å²) in [6, 6.07) is 1.98. The minimum atomic E-state index is -0.332. The van der Waals surface area contributed by atoms with Gasteiger partial charge in [-0.1, -0.05) is 0 Å². The lowest BCUT2D eigenvalue weighted by Crippen LogP contribution is -1.99. The Hall–Kier alpha value is -0.240. The van der Waals surface area contributed by atoms with E-state index in [0.717, 1.165) is 18.1 Å². The van der Waals surface area contributed by atoms with Gasteiger partial charge in [-0.2, -0.15) is 0 Å². The molecule has 3 nitrogen and oxygen atoms in total. The van der Waals surface area contributed by atoms with Gasteiger partial charge in [0.05, 0.1) is 21.5 Å². The van der Waals surface area contributed by atoms with Crippen LogP contribution in [0.3, 0.4) is 0 Å². The molecule has 0 saturated carbocycles. The highest BCUT2D eigenvalue weighted by atomic mass is 79.9. The van der Waals surface area contributed by atoms with Crippen LogP contribution in [0.1, 0.15) is 15.4 Å². The van der Waals surface area contributed by atoms with Gasteiger partial charge >= 0.3 is 5.97 Å². The van der Waals surface area contributed by atoms with E-state index < -0.39 is 0 Å². The van der Waals surface area contributed by atoms with Gasteiger partial charge < -0.3 is 4.74 Å². The molecule has 0 unspecified atom stereocenters. The van der Waals surface area contributed by atoms with E-state index in [1.54, 1.807) is 11.3 Å². The number of halogens is 2. The number of carbonyl (C=O) groups excluding carboxylic acids is 1. The normalized spacial score (nSPS) is 10.6. The molecule has 7 heteroatoms. The highest BCUT2D eigenvalue weighted by molar-refractivity contribution is 9.13. The number of ether oxygens (including phenoxy) is 1. The maximum Gasteiger partial charge on any atom is 0.349 e. The van der Waals surface area contributed by atoms with Crippen molar-refractivity contribution in [2.75, 3.05) is 7.11 Å². The number of rotatable bonds is 2. The van der Waals surface area contributed by atoms with Gasteiger partial charge in [0.15, 0.2) is 0 Å². The summed E-state index contributed by atoms with van der Waals surface area (Å²) in [5.41, 5.74) is 0.706. The Balaban J connectivity index is 2.44. The predicted octanol–water partition coefficient (Wildman–Crippen LogP) is 4.49. The zero-order valence-electron chi connectivity index (χ0n) is 8.91. The van der Waals surface area contributed by atoms with Crippen molar-refractivity contribution in [2.24, 2.45) is 0 Å². The van der Waals surface area contributed by atoms with Gasteiger partial charge in [0, 0.05) is 4.47 Å². The first-order valence-corrected chi connectivity index (χ1v) is 7.75. The Morgan fingerprint density at radius 1 is 1.41 bits per heavy atom. The summed E-state index contributed by atoms with van der Waals surface area (Å²) >= 11 is 9.79. The molecule has 2 aromatic heterocycles. The van der Waals surface area contributed by atoms with E-state index in [4.69, 9.17) is 4.74 Å². The van der Waals surface area contributed by atoms with E-state index in [0.29, 0.717) is 10.6 Å². The second-order valence-corrected chi connectivity index (χ2v) is 7.38. The lowest BCUT2D eigenvalue weighted by molar-refractivity contribution is 0.0605. The molecular weight excluding hydrogens is 390 g/mol. The lowest BCUT2D eigenvalue weighted by Gasteiger charge is -1.93. The summed E-state index contributed by atoms with van der Waals surface area (Å²) in [6.45, 7) is 1.81. The molecule has 0 aliphatic rings. The molecule has 2 aromatic rings. The number of hydrogen-bond acceptors (Lipinski definition) is 5. The number of methoxy groups -OCH3 is 1. The van der Waals surface area contributed by atoms with E-state index in [9.17, 15) is 4.79 Å². The standard InChI is InChI=1S/C10H7Br2NO2S2/c1-4-7(10(14)15-2)17-9(13-4)6-3-5(11)8(12)16-6/h3H,1-2H3. The van der Waals surface area contributed by atoms with Gasteiger partial charge in [0.25, 0.3) is 0 Å². The number of esters is 1. The van der Waals surface area contributed by atoms with Gasteiger partial charge in [-0.25, -0.2) is 9.78 Å². The zero-order chi connectivity index (χ0) is 12.6. The molecule has 0 saturated heterocycles. The van der Waals surface area contributed by atoms with Gasteiger partial charge in [-0.15, -0.1) is 22.7 Å². The largest absolute Gasteiger partial charge is 0.465 e. The van der Waals surface area contributed by atoms with Crippen LogP contribution in [0.4, 0.5) is 0 Å². The van der Waals surface area contributed by atoms with Crippen molar-refractivity contribution in [3.63, 3.8) is 0 Å². The molecular formula is C10H7Br2NO2S2. The van der Waals surface area contributed by atoms with Crippen molar-refractivity contribution in [3.05, 3.63) is 24.9 Å². The van der Waals surface area contributed by atoms with Gasteiger partial charge in [-0.3, -0.25) is 0 Å². The fourth-order valence-corrected chi connectivity index (χ4v) is 4.30. The Bertz CT molecular complexity index is 557. The fourth-order valence-electron chi connectivity index (χ4n) is 1.24. The van der Waals surface area contributed by atoms with E-state index in [2.05, 4.69) is 36.8 Å². The van der Waals surface area contributed by atoms with Crippen molar-refractivity contribution >= 4 is 60.5 Å². The monoisotopic (exact) mass is 395 g/mol. The average Bonchev–Trinajstić information content (AvgIpc) is 2.82. The summed E-state index contributed by atoms with van der Waals surface area (Å²) in [6.07, 6.45) is 0. The third-order valence-corrected chi connectivity index (χ3v) is 6.59. The predicted molar refractivity (Wildman–Crippen MR) is 76.9 cm³/mol. The third-order valence-electron chi connectivity index (χ3n) is 2.02. The first-order chi connectivity index (χ1) is 8.02. The third kappa shape index (κ3) is 2.62. The Labute approximate surface area is 123 Å². The second-order valence-electron chi connectivity index (χ2n) is 3.16. The molecule has 0 amide bonds. The Kier molecular flexibility index (Phi) is 4.02. The SMILES string of the molecule is COC(=O)c1sc(-c2cc(Br)c(Br)s2)nc1C. The molecule has 17 heavy (non-hydrogen) atoms. The van der Waals surface area contributed by atoms with Crippen LogP contribution in [-0.4, -0.2) is 18.1 Å². The molecule has 0 radical (unpaired) electrons. The van der Waals surface area contributed by atoms with E-state index in [1.807, 2.05) is 13.0 Å². The van der Waals surface area contributed by atoms with Crippen LogP contribution in [0.5, 0.6) is 0 Å². The molecule has 0 N–H and O–H groups in total. The highest BCUT2D eigenvalue weighted by Crippen LogP contribution is 2.40. The minimum absolute atomic E-state index is 0.332. The van der Waals surface area contributed by atoms with E-state index in [1.165, 1.54) is 18.4 Å². The fraction of sp³-hybridized carbons (Fsp3) is 0.200. The Morgan fingerprint density at radius 2 is 2.12 bits per heavy atom. The van der Waals surface area contributed by atoms with Crippen LogP contribution < -0.4 is 0 Å². The van der Waals surface area contributed by atoms with Crippen molar-refractivity contribution in [1.29, 1.82) is 0 Å². The van der Waals surface area contributed by atoms with Crippen LogP contribution in [0.15, 0.2) is 14.3 Å². The first kappa shape index (κ1) is 13.2. The van der Waals surface area contributed by atoms with Crippen molar-refractivity contribution in [3.8, 4) is 9.88 Å². The second kappa shape index (κ2) is 5.17. The number of aromatic nitrogens is 1. The topological polar surface area (TPSA) is 39.2 Å². The lowest BCUT2D eigenvalue weighted by atomic mass is 10.4. The molecule has 0 bridgehead atoms. The zero-order valence-corrected chi connectivity index (χ0v) is 13.7. The molecule has 0 spiro atoms. The summed E-state index contributed by atoms with van der Waals surface area (Å²) in [5, 5.41) is 0.833. The van der Waals surface area contributed by atoms with Crippen LogP contribution in [0.25, 0.3) is 9.88 Å². The van der Waals surface area contributed by atoms with Gasteiger partial charge in [0.2, 0.25) is 0 Å². The highest BCUT2D eigenvalue weighted by Gasteiger charge is 2.18. The quantitative estimate of drug-likeness (QED) is 0.702. The maximum atomic E-state index is 11.5. The number of aryl methyl sites for hydroxylation is 1. The smallest absolute Gasteiger partial charge is 0.349 e. The molecule has 0 fully saturated rings. The van der Waals surface area contributed by atoms with Crippen molar-refractivity contribution in [1.82, 2.24) is 4.98 Å². The number of carbonyl (C=O) groups is 1. The molecule has 0 aromatic carbocycles. The number of thiophene rings is 1. The molecule has 0 aliphatic carbocycles. The van der Waals surface area contributed by atoms with Crippen LogP contribution in [0.2, 0.25) is 0 Å². The molecule has 90 valence electrons. The number of hydrogen-bond donors (Lipinski definition) is 0. The number of nitrogens with zero attached hydrogens (tertiary/aromatic N) is 1. The summed E-state index contributed by atoms with van der Waals surface area (Å²) in [5.74, 6) is -0.332. The van der Waals surface area contributed by atoms with Crippen molar-refractivity contribution in [2.45, 2.75) is 6.92 Å². The van der Waals surface area contributed by atoms with E-state index in [-0.39, 0.29) is 5.97 Å². The summed E-state index contributed by atoms with van der Waals surface area (Å²) < 4.78 is 6.72. The van der Waals surface area contributed by atoms with Crippen LogP contribution in [-0.2, 0) is 4.74 Å².